The lowest BCUT2D eigenvalue weighted by atomic mass is 9.83. The maximum absolute atomic E-state index is 12.8. The highest BCUT2D eigenvalue weighted by Crippen LogP contribution is 2.45. The Labute approximate surface area is 242 Å². The number of ether oxygens (including phenoxy) is 3. The highest BCUT2D eigenvalue weighted by Gasteiger charge is 2.60. The topological polar surface area (TPSA) is 155 Å². The predicted octanol–water partition coefficient (Wildman–Crippen LogP) is 1.42. The summed E-state index contributed by atoms with van der Waals surface area (Å²) in [5, 5.41) is 0. The number of carbonyl (C=O) groups excluding carboxylic acids is 4. The van der Waals surface area contributed by atoms with E-state index in [0.29, 0.717) is 11.0 Å². The molecule has 0 aromatic rings. The number of nitrogens with zero attached hydrogens (tertiary/aromatic N) is 2. The van der Waals surface area contributed by atoms with Crippen LogP contribution in [0.5, 0.6) is 0 Å². The molecule has 6 atom stereocenters. The summed E-state index contributed by atoms with van der Waals surface area (Å²) in [6.45, 7) is 4.31. The number of imide groups is 1. The first kappa shape index (κ1) is 32.8. The first-order valence-corrected chi connectivity index (χ1v) is 15.3. The Morgan fingerprint density at radius 2 is 1.50 bits per heavy atom. The Hall–Kier alpha value is -1.67. The van der Waals surface area contributed by atoms with Crippen LogP contribution >= 0.6 is 23.8 Å². The first-order valence-electron chi connectivity index (χ1n) is 13.0. The number of likely N-dealkylation sites (tertiary alicyclic amines) is 1. The molecule has 0 aliphatic carbocycles. The molecular weight excluding hydrogens is 616 g/mol. The molecule has 15 heteroatoms. The smallest absolute Gasteiger partial charge is 0.463 e. The molecule has 0 spiro atoms. The van der Waals surface area contributed by atoms with Crippen LogP contribution < -0.4 is 0 Å². The highest BCUT2D eigenvalue weighted by atomic mass is 79.9. The van der Waals surface area contributed by atoms with Gasteiger partial charge < -0.3 is 23.6 Å². The first-order chi connectivity index (χ1) is 18.3. The Balaban J connectivity index is 1.39. The van der Waals surface area contributed by atoms with Gasteiger partial charge in [-0.25, -0.2) is 4.57 Å². The van der Waals surface area contributed by atoms with Gasteiger partial charge in [0.05, 0.1) is 63.8 Å². The number of halogens is 1. The number of carbonyl (C=O) groups is 4. The summed E-state index contributed by atoms with van der Waals surface area (Å²) in [4.78, 5) is 61.8. The van der Waals surface area contributed by atoms with Crippen molar-refractivity contribution in [2.24, 2.45) is 17.3 Å². The number of quaternary nitrogens is 1. The number of esters is 2. The van der Waals surface area contributed by atoms with Gasteiger partial charge in [-0.1, -0.05) is 28.1 Å². The second-order valence-corrected chi connectivity index (χ2v) is 15.2. The van der Waals surface area contributed by atoms with Crippen molar-refractivity contribution < 1.29 is 56.4 Å². The molecule has 1 N–H and O–H groups in total. The van der Waals surface area contributed by atoms with Gasteiger partial charge in [0.1, 0.15) is 30.7 Å². The van der Waals surface area contributed by atoms with Crippen LogP contribution in [0.2, 0.25) is 0 Å². The molecule has 3 rings (SSSR count). The van der Waals surface area contributed by atoms with Crippen LogP contribution in [0.3, 0.4) is 0 Å². The Bertz CT molecular complexity index is 1060. The zero-order valence-electron chi connectivity index (χ0n) is 23.7. The van der Waals surface area contributed by atoms with Crippen LogP contribution in [0.15, 0.2) is 12.2 Å². The molecule has 2 bridgehead atoms. The fraction of sp³-hybridized carbons (Fsp3) is 0.760. The minimum Gasteiger partial charge on any atom is -0.463 e. The number of phosphoric ester groups is 1. The highest BCUT2D eigenvalue weighted by molar-refractivity contribution is 9.10. The van der Waals surface area contributed by atoms with E-state index >= 15 is 0 Å². The molecule has 3 heterocycles. The molecular formula is C25H39BrN2O11P+. The van der Waals surface area contributed by atoms with Crippen molar-refractivity contribution in [1.82, 2.24) is 4.90 Å². The number of amides is 2. The van der Waals surface area contributed by atoms with Gasteiger partial charge in [0.15, 0.2) is 0 Å². The molecule has 0 radical (unpaired) electrons. The van der Waals surface area contributed by atoms with E-state index in [4.69, 9.17) is 23.3 Å². The van der Waals surface area contributed by atoms with E-state index in [1.54, 1.807) is 26.0 Å². The van der Waals surface area contributed by atoms with Crippen molar-refractivity contribution in [2.75, 3.05) is 60.7 Å². The second kappa shape index (κ2) is 12.3. The zero-order chi connectivity index (χ0) is 30.1. The van der Waals surface area contributed by atoms with Crippen molar-refractivity contribution in [3.8, 4) is 0 Å². The number of hydrogen-bond donors (Lipinski definition) is 1. The van der Waals surface area contributed by atoms with Gasteiger partial charge in [0, 0.05) is 0 Å². The van der Waals surface area contributed by atoms with Crippen LogP contribution in [0.1, 0.15) is 27.2 Å². The number of hydrogen-bond acceptors (Lipinski definition) is 10. The van der Waals surface area contributed by atoms with Crippen LogP contribution in [-0.2, 0) is 47.0 Å². The fourth-order valence-electron chi connectivity index (χ4n) is 4.89. The van der Waals surface area contributed by atoms with Gasteiger partial charge in [-0.15, -0.1) is 0 Å². The summed E-state index contributed by atoms with van der Waals surface area (Å²) in [5.74, 6) is -3.02. The summed E-state index contributed by atoms with van der Waals surface area (Å²) in [7, 11) is 1.43. The number of rotatable bonds is 15. The molecule has 226 valence electrons. The summed E-state index contributed by atoms with van der Waals surface area (Å²) < 4.78 is 37.1. The number of fused-ring (bicyclic) bond motifs is 5. The lowest BCUT2D eigenvalue weighted by Crippen LogP contribution is -2.41. The number of alkyl halides is 1. The minimum atomic E-state index is -4.29. The minimum absolute atomic E-state index is 0.0106. The number of likely N-dealkylation sites (N-methyl/N-ethyl adjacent to an activating group) is 1. The molecule has 40 heavy (non-hydrogen) atoms. The Morgan fingerprint density at radius 1 is 0.975 bits per heavy atom. The zero-order valence-corrected chi connectivity index (χ0v) is 26.1. The third-order valence-corrected chi connectivity index (χ3v) is 8.51. The SMILES string of the molecule is CC(C)(CC(C)(Br)C(=O)OCCOP(=O)(O)OCC[N+](C)(C)[13CH3])C(=O)OCCN1C(=O)C2C3C=CC(O3)C2C1=O. The van der Waals surface area contributed by atoms with Crippen LogP contribution in [0.4, 0.5) is 0 Å². The average Bonchev–Trinajstić information content (AvgIpc) is 3.49. The molecule has 6 unspecified atom stereocenters. The van der Waals surface area contributed by atoms with Gasteiger partial charge >= 0.3 is 19.8 Å². The maximum atomic E-state index is 12.8. The van der Waals surface area contributed by atoms with Crippen molar-refractivity contribution in [3.05, 3.63) is 12.2 Å². The predicted molar refractivity (Wildman–Crippen MR) is 144 cm³/mol. The van der Waals surface area contributed by atoms with Gasteiger partial charge in [0.25, 0.3) is 0 Å². The molecule has 0 aromatic heterocycles. The average molecular weight is 655 g/mol. The van der Waals surface area contributed by atoms with Crippen molar-refractivity contribution in [2.45, 2.75) is 43.7 Å². The van der Waals surface area contributed by atoms with Gasteiger partial charge in [-0.3, -0.25) is 33.1 Å². The normalized spacial score (nSPS) is 26.9. The quantitative estimate of drug-likeness (QED) is 0.0398. The summed E-state index contributed by atoms with van der Waals surface area (Å²) in [6, 6.07) is 0. The van der Waals surface area contributed by atoms with E-state index < -0.39 is 41.3 Å². The van der Waals surface area contributed by atoms with Gasteiger partial charge in [-0.05, 0) is 27.2 Å². The lowest BCUT2D eigenvalue weighted by molar-refractivity contribution is -0.870. The molecule has 2 saturated heterocycles. The van der Waals surface area contributed by atoms with Crippen LogP contribution in [-0.4, -0.2) is 115 Å². The number of phosphoric acid groups is 1. The van der Waals surface area contributed by atoms with Crippen LogP contribution in [0, 0.1) is 17.3 Å². The van der Waals surface area contributed by atoms with E-state index in [1.165, 1.54) is 6.92 Å². The van der Waals surface area contributed by atoms with E-state index in [2.05, 4.69) is 15.9 Å². The third-order valence-electron chi connectivity index (χ3n) is 6.89. The summed E-state index contributed by atoms with van der Waals surface area (Å²) in [5.41, 5.74) is -1.14. The van der Waals surface area contributed by atoms with E-state index in [-0.39, 0.29) is 63.4 Å². The molecule has 2 fully saturated rings. The standard InChI is InChI=1S/C25H38BrN2O11P/c1-24(2,15-25(3,26)23(32)36-13-14-38-40(33,34)37-12-10-28(4,5)6)22(31)35-11-9-27-20(29)18-16-7-8-17(39-16)19(18)21(27)30/h7-8,16-19H,9-15H2,1-6H3/p+1/i4+1. The molecule has 3 aliphatic rings. The molecule has 0 aromatic carbocycles. The van der Waals surface area contributed by atoms with Crippen LogP contribution in [0.25, 0.3) is 0 Å². The van der Waals surface area contributed by atoms with E-state index in [1.807, 2.05) is 21.1 Å². The fourth-order valence-corrected chi connectivity index (χ4v) is 6.40. The molecule has 2 amide bonds. The van der Waals surface area contributed by atoms with Crippen molar-refractivity contribution >= 4 is 47.5 Å². The molecule has 0 saturated carbocycles. The maximum Gasteiger partial charge on any atom is 0.472 e. The van der Waals surface area contributed by atoms with Crippen molar-refractivity contribution in [1.29, 1.82) is 0 Å². The van der Waals surface area contributed by atoms with Gasteiger partial charge in [-0.2, -0.15) is 0 Å². The largest absolute Gasteiger partial charge is 0.472 e. The molecule has 13 nitrogen and oxygen atoms in total. The molecule has 3 aliphatic heterocycles. The Kier molecular flexibility index (Phi) is 10.1. The van der Waals surface area contributed by atoms with E-state index in [0.717, 1.165) is 4.90 Å². The lowest BCUT2D eigenvalue weighted by Gasteiger charge is -2.30. The van der Waals surface area contributed by atoms with Crippen molar-refractivity contribution in [3.63, 3.8) is 0 Å². The summed E-state index contributed by atoms with van der Waals surface area (Å²) >= 11 is 3.31. The summed E-state index contributed by atoms with van der Waals surface area (Å²) in [6.07, 6.45) is 2.81. The monoisotopic (exact) mass is 654 g/mol. The van der Waals surface area contributed by atoms with Gasteiger partial charge in [0.2, 0.25) is 11.8 Å². The Morgan fingerprint density at radius 3 is 2.05 bits per heavy atom. The van der Waals surface area contributed by atoms with E-state index in [9.17, 15) is 28.6 Å². The second-order valence-electron chi connectivity index (χ2n) is 12.0. The third kappa shape index (κ3) is 7.99.